The number of benzene rings is 1. The minimum Gasteiger partial charge on any atom is -0.480 e. The van der Waals surface area contributed by atoms with Gasteiger partial charge >= 0.3 is 5.97 Å². The fourth-order valence-electron chi connectivity index (χ4n) is 2.29. The zero-order valence-corrected chi connectivity index (χ0v) is 10.4. The summed E-state index contributed by atoms with van der Waals surface area (Å²) in [6, 6.07) is 8.06. The number of rotatable bonds is 3. The van der Waals surface area contributed by atoms with Gasteiger partial charge < -0.3 is 10.0 Å². The fourth-order valence-corrected chi connectivity index (χ4v) is 2.29. The Kier molecular flexibility index (Phi) is 3.81. The molecule has 1 heterocycles. The van der Waals surface area contributed by atoms with Gasteiger partial charge in [-0.2, -0.15) is 5.26 Å². The van der Waals surface area contributed by atoms with E-state index in [1.165, 1.54) is 4.90 Å². The van der Waals surface area contributed by atoms with E-state index in [1.54, 1.807) is 24.3 Å². The largest absolute Gasteiger partial charge is 0.480 e. The molecule has 2 rings (SSSR count). The van der Waals surface area contributed by atoms with Gasteiger partial charge in [0.25, 0.3) is 5.91 Å². The maximum Gasteiger partial charge on any atom is 0.326 e. The van der Waals surface area contributed by atoms with E-state index in [0.717, 1.165) is 12.0 Å². The van der Waals surface area contributed by atoms with Crippen LogP contribution in [0, 0.1) is 11.3 Å². The van der Waals surface area contributed by atoms with Crippen molar-refractivity contribution < 1.29 is 14.7 Å². The van der Waals surface area contributed by atoms with E-state index in [2.05, 4.69) is 0 Å². The molecule has 0 aliphatic carbocycles. The third-order valence-electron chi connectivity index (χ3n) is 3.28. The molecule has 5 heteroatoms. The molecule has 5 nitrogen and oxygen atoms in total. The Morgan fingerprint density at radius 1 is 1.37 bits per heavy atom. The zero-order chi connectivity index (χ0) is 13.8. The predicted octanol–water partition coefficient (Wildman–Crippen LogP) is 1.44. The summed E-state index contributed by atoms with van der Waals surface area (Å²) < 4.78 is 0. The van der Waals surface area contributed by atoms with Gasteiger partial charge in [-0.3, -0.25) is 4.79 Å². The molecule has 19 heavy (non-hydrogen) atoms. The van der Waals surface area contributed by atoms with Crippen LogP contribution >= 0.6 is 0 Å². The number of carboxylic acid groups (broad SMARTS) is 1. The number of carboxylic acids is 1. The van der Waals surface area contributed by atoms with Crippen LogP contribution in [0.2, 0.25) is 0 Å². The smallest absolute Gasteiger partial charge is 0.326 e. The van der Waals surface area contributed by atoms with Crippen LogP contribution < -0.4 is 0 Å². The van der Waals surface area contributed by atoms with Gasteiger partial charge in [-0.1, -0.05) is 12.1 Å². The van der Waals surface area contributed by atoms with Gasteiger partial charge in [0.15, 0.2) is 0 Å². The zero-order valence-electron chi connectivity index (χ0n) is 10.4. The second-order valence-electron chi connectivity index (χ2n) is 4.53. The Bertz CT molecular complexity index is 531. The molecule has 1 atom stereocenters. The van der Waals surface area contributed by atoms with Crippen LogP contribution in [0.5, 0.6) is 0 Å². The average molecular weight is 258 g/mol. The molecule has 0 saturated carbocycles. The Labute approximate surface area is 111 Å². The number of hydrogen-bond donors (Lipinski definition) is 1. The third-order valence-corrected chi connectivity index (χ3v) is 3.28. The van der Waals surface area contributed by atoms with Crippen molar-refractivity contribution in [2.75, 3.05) is 6.54 Å². The molecule has 0 bridgehead atoms. The molecule has 98 valence electrons. The molecule has 1 aliphatic rings. The summed E-state index contributed by atoms with van der Waals surface area (Å²) in [5.41, 5.74) is 1.31. The number of nitriles is 1. The lowest BCUT2D eigenvalue weighted by molar-refractivity contribution is -0.141. The van der Waals surface area contributed by atoms with Crippen LogP contribution in [0.15, 0.2) is 24.3 Å². The van der Waals surface area contributed by atoms with E-state index in [1.807, 2.05) is 6.07 Å². The molecule has 1 aromatic rings. The van der Waals surface area contributed by atoms with Crippen LogP contribution in [0.4, 0.5) is 0 Å². The highest BCUT2D eigenvalue weighted by atomic mass is 16.4. The highest BCUT2D eigenvalue weighted by Crippen LogP contribution is 2.20. The number of nitrogens with zero attached hydrogens (tertiary/aromatic N) is 2. The van der Waals surface area contributed by atoms with Crippen molar-refractivity contribution >= 4 is 11.9 Å². The minimum atomic E-state index is -0.952. The molecule has 0 aromatic heterocycles. The molecule has 1 aromatic carbocycles. The first-order valence-corrected chi connectivity index (χ1v) is 6.13. The Morgan fingerprint density at radius 3 is 2.63 bits per heavy atom. The van der Waals surface area contributed by atoms with E-state index < -0.39 is 12.0 Å². The van der Waals surface area contributed by atoms with Gasteiger partial charge in [0.2, 0.25) is 0 Å². The van der Waals surface area contributed by atoms with Crippen LogP contribution in [-0.4, -0.2) is 34.5 Å². The Morgan fingerprint density at radius 2 is 2.05 bits per heavy atom. The van der Waals surface area contributed by atoms with Crippen molar-refractivity contribution in [3.05, 3.63) is 35.4 Å². The molecular formula is C14H14N2O3. The van der Waals surface area contributed by atoms with Gasteiger partial charge in [-0.05, 0) is 30.5 Å². The van der Waals surface area contributed by atoms with Crippen LogP contribution in [-0.2, 0) is 11.2 Å². The lowest BCUT2D eigenvalue weighted by Crippen LogP contribution is -2.40. The van der Waals surface area contributed by atoms with Crippen LogP contribution in [0.25, 0.3) is 0 Å². The number of aliphatic carboxylic acids is 1. The maximum atomic E-state index is 12.2. The first-order chi connectivity index (χ1) is 9.13. The normalized spacial score (nSPS) is 18.1. The van der Waals surface area contributed by atoms with Gasteiger partial charge in [0, 0.05) is 12.1 Å². The Hall–Kier alpha value is -2.35. The number of amides is 1. The van der Waals surface area contributed by atoms with Crippen molar-refractivity contribution in [3.63, 3.8) is 0 Å². The summed E-state index contributed by atoms with van der Waals surface area (Å²) in [5.74, 6) is -1.21. The summed E-state index contributed by atoms with van der Waals surface area (Å²) in [4.78, 5) is 24.7. The molecule has 1 aliphatic heterocycles. The summed E-state index contributed by atoms with van der Waals surface area (Å²) in [6.45, 7) is 0.482. The number of likely N-dealkylation sites (tertiary alicyclic amines) is 1. The summed E-state index contributed by atoms with van der Waals surface area (Å²) in [6.07, 6.45) is 1.53. The van der Waals surface area contributed by atoms with E-state index in [4.69, 9.17) is 10.4 Å². The molecular weight excluding hydrogens is 244 g/mol. The minimum absolute atomic E-state index is 0.256. The molecule has 1 fully saturated rings. The number of carbonyl (C=O) groups excluding carboxylic acids is 1. The Balaban J connectivity index is 2.15. The first kappa shape index (κ1) is 13.1. The third kappa shape index (κ3) is 2.74. The van der Waals surface area contributed by atoms with Crippen molar-refractivity contribution in [3.8, 4) is 6.07 Å². The second-order valence-corrected chi connectivity index (χ2v) is 4.53. The lowest BCUT2D eigenvalue weighted by Gasteiger charge is -2.21. The van der Waals surface area contributed by atoms with Gasteiger partial charge in [0.05, 0.1) is 12.5 Å². The molecule has 0 radical (unpaired) electrons. The first-order valence-electron chi connectivity index (χ1n) is 6.13. The summed E-state index contributed by atoms with van der Waals surface area (Å²) in [7, 11) is 0. The topological polar surface area (TPSA) is 81.4 Å². The van der Waals surface area contributed by atoms with E-state index in [-0.39, 0.29) is 5.91 Å². The van der Waals surface area contributed by atoms with Crippen molar-refractivity contribution in [2.45, 2.75) is 25.3 Å². The van der Waals surface area contributed by atoms with E-state index in [0.29, 0.717) is 24.9 Å². The van der Waals surface area contributed by atoms with Crippen molar-refractivity contribution in [1.29, 1.82) is 5.26 Å². The van der Waals surface area contributed by atoms with Gasteiger partial charge in [-0.25, -0.2) is 4.79 Å². The second kappa shape index (κ2) is 5.53. The van der Waals surface area contributed by atoms with E-state index in [9.17, 15) is 9.59 Å². The molecule has 0 unspecified atom stereocenters. The fraction of sp³-hybridized carbons (Fsp3) is 0.357. The van der Waals surface area contributed by atoms with Gasteiger partial charge in [0.1, 0.15) is 6.04 Å². The molecule has 0 spiro atoms. The molecule has 1 N–H and O–H groups in total. The van der Waals surface area contributed by atoms with Crippen molar-refractivity contribution in [2.24, 2.45) is 0 Å². The lowest BCUT2D eigenvalue weighted by atomic mass is 10.1. The van der Waals surface area contributed by atoms with E-state index >= 15 is 0 Å². The van der Waals surface area contributed by atoms with Crippen LogP contribution in [0.3, 0.4) is 0 Å². The van der Waals surface area contributed by atoms with Crippen LogP contribution in [0.1, 0.15) is 28.8 Å². The highest BCUT2D eigenvalue weighted by Gasteiger charge is 2.34. The summed E-state index contributed by atoms with van der Waals surface area (Å²) in [5, 5.41) is 17.6. The van der Waals surface area contributed by atoms with Gasteiger partial charge in [-0.15, -0.1) is 0 Å². The molecule has 1 saturated heterocycles. The standard InChI is InChI=1S/C14H14N2O3/c15-8-7-10-3-5-11(6-4-10)13(17)16-9-1-2-12(16)14(18)19/h3-6,12H,1-2,7,9H2,(H,18,19)/t12-/m1/s1. The average Bonchev–Trinajstić information content (AvgIpc) is 2.88. The maximum absolute atomic E-state index is 12.2. The predicted molar refractivity (Wildman–Crippen MR) is 67.5 cm³/mol. The monoisotopic (exact) mass is 258 g/mol. The number of carbonyl (C=O) groups is 2. The summed E-state index contributed by atoms with van der Waals surface area (Å²) >= 11 is 0. The SMILES string of the molecule is N#CCc1ccc(C(=O)N2CCC[C@@H]2C(=O)O)cc1. The van der Waals surface area contributed by atoms with Crippen molar-refractivity contribution in [1.82, 2.24) is 4.90 Å². The number of hydrogen-bond acceptors (Lipinski definition) is 3. The molecule has 1 amide bonds. The highest BCUT2D eigenvalue weighted by molar-refractivity contribution is 5.97. The quantitative estimate of drug-likeness (QED) is 0.889.